The van der Waals surface area contributed by atoms with Gasteiger partial charge in [0.05, 0.1) is 12.6 Å². The Balaban J connectivity index is 1.79. The van der Waals surface area contributed by atoms with Crippen molar-refractivity contribution in [3.05, 3.63) is 56.7 Å². The Kier molecular flexibility index (Phi) is 8.31. The predicted molar refractivity (Wildman–Crippen MR) is 121 cm³/mol. The Morgan fingerprint density at radius 2 is 2.00 bits per heavy atom. The molecule has 30 heavy (non-hydrogen) atoms. The summed E-state index contributed by atoms with van der Waals surface area (Å²) in [5.74, 6) is -0.0267. The number of halogens is 1. The zero-order valence-electron chi connectivity index (χ0n) is 17.6. The molecule has 1 unspecified atom stereocenters. The fourth-order valence-electron chi connectivity index (χ4n) is 3.86. The summed E-state index contributed by atoms with van der Waals surface area (Å²) >= 11 is 7.82. The second kappa shape index (κ2) is 10.9. The van der Waals surface area contributed by atoms with Crippen LogP contribution >= 0.6 is 22.9 Å². The number of ether oxygens (including phenoxy) is 1. The summed E-state index contributed by atoms with van der Waals surface area (Å²) in [5.41, 5.74) is 2.21. The molecular weight excluding hydrogens is 420 g/mol. The third-order valence-corrected chi connectivity index (χ3v) is 6.62. The second-order valence-electron chi connectivity index (χ2n) is 7.31. The number of nitrogens with zero attached hydrogens (tertiary/aromatic N) is 2. The standard InChI is InChI=1S/C23H29ClN2O3S/c1-3-21(27)25(12-5-14-29-4-2)16-22(28)26-13-10-20-19(11-15-30-20)23(26)17-6-8-18(24)9-7-17/h6-9,11,15,23H,3-5,10,12-14,16H2,1-2H3. The first-order valence-corrected chi connectivity index (χ1v) is 11.8. The first kappa shape index (κ1) is 22.8. The monoisotopic (exact) mass is 448 g/mol. The highest BCUT2D eigenvalue weighted by molar-refractivity contribution is 7.10. The van der Waals surface area contributed by atoms with E-state index in [4.69, 9.17) is 16.3 Å². The van der Waals surface area contributed by atoms with Crippen LogP contribution in [0.3, 0.4) is 0 Å². The van der Waals surface area contributed by atoms with Gasteiger partial charge in [-0.15, -0.1) is 11.3 Å². The molecule has 1 aromatic carbocycles. The Hall–Kier alpha value is -1.89. The summed E-state index contributed by atoms with van der Waals surface area (Å²) in [6.07, 6.45) is 1.95. The molecule has 0 bridgehead atoms. The molecule has 1 aliphatic heterocycles. The SMILES string of the molecule is CCOCCCN(CC(=O)N1CCc2sccc2C1c1ccc(Cl)cc1)C(=O)CC. The smallest absolute Gasteiger partial charge is 0.242 e. The Morgan fingerprint density at radius 1 is 1.23 bits per heavy atom. The molecule has 0 spiro atoms. The van der Waals surface area contributed by atoms with Crippen LogP contribution in [0.4, 0.5) is 0 Å². The minimum absolute atomic E-state index is 0.00359. The van der Waals surface area contributed by atoms with Gasteiger partial charge >= 0.3 is 0 Å². The maximum absolute atomic E-state index is 13.4. The molecular formula is C23H29ClN2O3S. The molecule has 1 atom stereocenters. The molecule has 0 fully saturated rings. The van der Waals surface area contributed by atoms with Gasteiger partial charge in [0, 0.05) is 42.6 Å². The van der Waals surface area contributed by atoms with Crippen molar-refractivity contribution < 1.29 is 14.3 Å². The molecule has 0 saturated carbocycles. The highest BCUT2D eigenvalue weighted by atomic mass is 35.5. The van der Waals surface area contributed by atoms with Gasteiger partial charge in [-0.25, -0.2) is 0 Å². The third-order valence-electron chi connectivity index (χ3n) is 5.37. The van der Waals surface area contributed by atoms with E-state index in [1.54, 1.807) is 16.2 Å². The molecule has 5 nitrogen and oxygen atoms in total. The van der Waals surface area contributed by atoms with E-state index in [9.17, 15) is 9.59 Å². The van der Waals surface area contributed by atoms with Gasteiger partial charge in [-0.2, -0.15) is 0 Å². The molecule has 162 valence electrons. The first-order chi connectivity index (χ1) is 14.5. The lowest BCUT2D eigenvalue weighted by molar-refractivity contribution is -0.141. The number of carbonyl (C=O) groups excluding carboxylic acids is 2. The number of hydrogen-bond donors (Lipinski definition) is 0. The number of thiophene rings is 1. The van der Waals surface area contributed by atoms with E-state index in [1.165, 1.54) is 10.4 Å². The minimum Gasteiger partial charge on any atom is -0.382 e. The molecule has 2 aromatic rings. The molecule has 7 heteroatoms. The molecule has 2 amide bonds. The number of fused-ring (bicyclic) bond motifs is 1. The van der Waals surface area contributed by atoms with E-state index >= 15 is 0 Å². The topological polar surface area (TPSA) is 49.9 Å². The van der Waals surface area contributed by atoms with E-state index in [1.807, 2.05) is 43.0 Å². The Bertz CT molecular complexity index is 852. The van der Waals surface area contributed by atoms with Crippen LogP contribution in [0, 0.1) is 0 Å². The zero-order chi connectivity index (χ0) is 21.5. The number of rotatable bonds is 9. The van der Waals surface area contributed by atoms with Gasteiger partial charge < -0.3 is 14.5 Å². The maximum atomic E-state index is 13.4. The van der Waals surface area contributed by atoms with Gasteiger partial charge in [-0.05, 0) is 54.5 Å². The van der Waals surface area contributed by atoms with E-state index < -0.39 is 0 Å². The zero-order valence-corrected chi connectivity index (χ0v) is 19.2. The molecule has 0 saturated heterocycles. The molecule has 2 heterocycles. The van der Waals surface area contributed by atoms with Crippen LogP contribution in [0.1, 0.15) is 48.7 Å². The van der Waals surface area contributed by atoms with Gasteiger partial charge in [0.15, 0.2) is 0 Å². The van der Waals surface area contributed by atoms with Crippen LogP contribution in [0.2, 0.25) is 5.02 Å². The van der Waals surface area contributed by atoms with E-state index in [2.05, 4.69) is 11.4 Å². The van der Waals surface area contributed by atoms with Crippen molar-refractivity contribution >= 4 is 34.8 Å². The van der Waals surface area contributed by atoms with Crippen LogP contribution in [0.25, 0.3) is 0 Å². The van der Waals surface area contributed by atoms with Crippen molar-refractivity contribution in [2.24, 2.45) is 0 Å². The van der Waals surface area contributed by atoms with Crippen molar-refractivity contribution in [1.29, 1.82) is 0 Å². The van der Waals surface area contributed by atoms with E-state index in [0.29, 0.717) is 37.7 Å². The largest absolute Gasteiger partial charge is 0.382 e. The van der Waals surface area contributed by atoms with E-state index in [0.717, 1.165) is 18.4 Å². The van der Waals surface area contributed by atoms with Gasteiger partial charge in [-0.3, -0.25) is 9.59 Å². The average molecular weight is 449 g/mol. The van der Waals surface area contributed by atoms with Gasteiger partial charge in [-0.1, -0.05) is 30.7 Å². The Morgan fingerprint density at radius 3 is 2.70 bits per heavy atom. The van der Waals surface area contributed by atoms with Gasteiger partial charge in [0.25, 0.3) is 0 Å². The first-order valence-electron chi connectivity index (χ1n) is 10.5. The fourth-order valence-corrected chi connectivity index (χ4v) is 4.89. The summed E-state index contributed by atoms with van der Waals surface area (Å²) in [5, 5.41) is 2.76. The molecule has 1 aliphatic rings. The summed E-state index contributed by atoms with van der Waals surface area (Å²) < 4.78 is 5.39. The number of carbonyl (C=O) groups is 2. The Labute approximate surface area is 187 Å². The number of hydrogen-bond acceptors (Lipinski definition) is 4. The van der Waals surface area contributed by atoms with Gasteiger partial charge in [0.1, 0.15) is 0 Å². The minimum atomic E-state index is -0.147. The van der Waals surface area contributed by atoms with E-state index in [-0.39, 0.29) is 24.4 Å². The summed E-state index contributed by atoms with van der Waals surface area (Å²) in [4.78, 5) is 30.7. The van der Waals surface area contributed by atoms with Crippen molar-refractivity contribution in [2.45, 2.75) is 39.2 Å². The van der Waals surface area contributed by atoms with Crippen molar-refractivity contribution in [1.82, 2.24) is 9.80 Å². The second-order valence-corrected chi connectivity index (χ2v) is 8.75. The highest BCUT2D eigenvalue weighted by Gasteiger charge is 2.33. The van der Waals surface area contributed by atoms with Crippen LogP contribution < -0.4 is 0 Å². The third kappa shape index (κ3) is 5.42. The normalized spacial score (nSPS) is 15.7. The predicted octanol–water partition coefficient (Wildman–Crippen LogP) is 4.54. The lowest BCUT2D eigenvalue weighted by Crippen LogP contribution is -2.47. The molecule has 0 aliphatic carbocycles. The van der Waals surface area contributed by atoms with Crippen LogP contribution in [0.5, 0.6) is 0 Å². The highest BCUT2D eigenvalue weighted by Crippen LogP contribution is 2.38. The van der Waals surface area contributed by atoms with Crippen molar-refractivity contribution in [3.8, 4) is 0 Å². The fraction of sp³-hybridized carbons (Fsp3) is 0.478. The summed E-state index contributed by atoms with van der Waals surface area (Å²) in [6.45, 7) is 6.30. The molecule has 3 rings (SSSR count). The number of amides is 2. The maximum Gasteiger partial charge on any atom is 0.242 e. The summed E-state index contributed by atoms with van der Waals surface area (Å²) in [6, 6.07) is 9.65. The molecule has 0 N–H and O–H groups in total. The van der Waals surface area contributed by atoms with Crippen molar-refractivity contribution in [2.75, 3.05) is 32.8 Å². The van der Waals surface area contributed by atoms with Crippen LogP contribution in [-0.4, -0.2) is 54.5 Å². The lowest BCUT2D eigenvalue weighted by Gasteiger charge is -2.37. The van der Waals surface area contributed by atoms with Crippen LogP contribution in [-0.2, 0) is 20.7 Å². The van der Waals surface area contributed by atoms with Gasteiger partial charge in [0.2, 0.25) is 11.8 Å². The average Bonchev–Trinajstić information content (AvgIpc) is 3.24. The molecule has 0 radical (unpaired) electrons. The van der Waals surface area contributed by atoms with Crippen molar-refractivity contribution in [3.63, 3.8) is 0 Å². The molecule has 1 aromatic heterocycles. The quantitative estimate of drug-likeness (QED) is 0.529. The van der Waals surface area contributed by atoms with Crippen LogP contribution in [0.15, 0.2) is 35.7 Å². The lowest BCUT2D eigenvalue weighted by atomic mass is 9.93. The number of benzene rings is 1. The summed E-state index contributed by atoms with van der Waals surface area (Å²) in [7, 11) is 0.